The van der Waals surface area contributed by atoms with Crippen LogP contribution in [0.15, 0.2) is 30.3 Å². The quantitative estimate of drug-likeness (QED) is 0.829. The fourth-order valence-corrected chi connectivity index (χ4v) is 3.02. The molecule has 1 aromatic rings. The predicted molar refractivity (Wildman–Crippen MR) is 83.8 cm³/mol. The van der Waals surface area contributed by atoms with Gasteiger partial charge in [0.1, 0.15) is 0 Å². The van der Waals surface area contributed by atoms with Gasteiger partial charge in [-0.05, 0) is 32.5 Å². The third-order valence-corrected chi connectivity index (χ3v) is 4.45. The molecule has 0 bridgehead atoms. The SMILES string of the molecule is CN(CCN(C)C1CCCC1)CC(O)c1ccccc1. The second-order valence-electron chi connectivity index (χ2n) is 6.11. The van der Waals surface area contributed by atoms with E-state index in [0.717, 1.165) is 24.7 Å². The van der Waals surface area contributed by atoms with Crippen LogP contribution < -0.4 is 0 Å². The first kappa shape index (κ1) is 15.5. The van der Waals surface area contributed by atoms with Crippen LogP contribution in [0.2, 0.25) is 0 Å². The zero-order chi connectivity index (χ0) is 14.4. The van der Waals surface area contributed by atoms with Crippen LogP contribution in [0.1, 0.15) is 37.4 Å². The van der Waals surface area contributed by atoms with E-state index in [1.165, 1.54) is 25.7 Å². The molecule has 0 heterocycles. The molecule has 1 atom stereocenters. The lowest BCUT2D eigenvalue weighted by Crippen LogP contribution is -2.37. The van der Waals surface area contributed by atoms with Gasteiger partial charge in [-0.15, -0.1) is 0 Å². The van der Waals surface area contributed by atoms with Gasteiger partial charge in [-0.3, -0.25) is 0 Å². The number of benzene rings is 1. The minimum absolute atomic E-state index is 0.391. The van der Waals surface area contributed by atoms with Crippen molar-refractivity contribution < 1.29 is 5.11 Å². The summed E-state index contributed by atoms with van der Waals surface area (Å²) in [5, 5.41) is 10.2. The average molecular weight is 276 g/mol. The molecule has 1 saturated carbocycles. The summed E-state index contributed by atoms with van der Waals surface area (Å²) in [6.45, 7) is 2.79. The van der Waals surface area contributed by atoms with Crippen LogP contribution in [-0.2, 0) is 0 Å². The van der Waals surface area contributed by atoms with Crippen molar-refractivity contribution in [3.8, 4) is 0 Å². The van der Waals surface area contributed by atoms with E-state index in [1.807, 2.05) is 30.3 Å². The molecule has 1 unspecified atom stereocenters. The van der Waals surface area contributed by atoms with Crippen LogP contribution in [0.25, 0.3) is 0 Å². The first-order chi connectivity index (χ1) is 9.66. The molecule has 0 radical (unpaired) electrons. The van der Waals surface area contributed by atoms with Crippen LogP contribution in [0.4, 0.5) is 0 Å². The average Bonchev–Trinajstić information content (AvgIpc) is 3.00. The topological polar surface area (TPSA) is 26.7 Å². The molecule has 1 aromatic carbocycles. The third kappa shape index (κ3) is 4.58. The Labute approximate surface area is 123 Å². The van der Waals surface area contributed by atoms with Crippen LogP contribution in [0.5, 0.6) is 0 Å². The molecule has 1 N–H and O–H groups in total. The zero-order valence-electron chi connectivity index (χ0n) is 12.8. The van der Waals surface area contributed by atoms with Crippen molar-refractivity contribution in [3.63, 3.8) is 0 Å². The van der Waals surface area contributed by atoms with Crippen LogP contribution in [-0.4, -0.2) is 54.7 Å². The van der Waals surface area contributed by atoms with Crippen molar-refractivity contribution in [2.75, 3.05) is 33.7 Å². The van der Waals surface area contributed by atoms with Crippen molar-refractivity contribution in [2.45, 2.75) is 37.8 Å². The highest BCUT2D eigenvalue weighted by atomic mass is 16.3. The molecule has 3 nitrogen and oxygen atoms in total. The van der Waals surface area contributed by atoms with E-state index in [1.54, 1.807) is 0 Å². The zero-order valence-corrected chi connectivity index (χ0v) is 12.8. The second kappa shape index (κ2) is 7.77. The molecular weight excluding hydrogens is 248 g/mol. The first-order valence-electron chi connectivity index (χ1n) is 7.78. The Bertz CT molecular complexity index is 376. The first-order valence-corrected chi connectivity index (χ1v) is 7.78. The molecule has 1 aliphatic rings. The Morgan fingerprint density at radius 2 is 1.75 bits per heavy atom. The molecule has 0 saturated heterocycles. The van der Waals surface area contributed by atoms with Crippen molar-refractivity contribution in [1.82, 2.24) is 9.80 Å². The minimum atomic E-state index is -0.391. The minimum Gasteiger partial charge on any atom is -0.387 e. The van der Waals surface area contributed by atoms with E-state index in [9.17, 15) is 5.11 Å². The standard InChI is InChI=1S/C17H28N2O/c1-18(12-13-19(2)16-10-6-7-11-16)14-17(20)15-8-4-3-5-9-15/h3-5,8-9,16-17,20H,6-7,10-14H2,1-2H3. The molecule has 0 aliphatic heterocycles. The lowest BCUT2D eigenvalue weighted by atomic mass is 10.1. The van der Waals surface area contributed by atoms with Gasteiger partial charge >= 0.3 is 0 Å². The monoisotopic (exact) mass is 276 g/mol. The molecule has 3 heteroatoms. The molecule has 112 valence electrons. The Morgan fingerprint density at radius 3 is 2.40 bits per heavy atom. The fourth-order valence-electron chi connectivity index (χ4n) is 3.02. The maximum Gasteiger partial charge on any atom is 0.0916 e. The largest absolute Gasteiger partial charge is 0.387 e. The smallest absolute Gasteiger partial charge is 0.0916 e. The van der Waals surface area contributed by atoms with E-state index in [2.05, 4.69) is 23.9 Å². The number of nitrogens with zero attached hydrogens (tertiary/aromatic N) is 2. The molecular formula is C17H28N2O. The predicted octanol–water partition coefficient (Wildman–Crippen LogP) is 2.53. The number of hydrogen-bond donors (Lipinski definition) is 1. The van der Waals surface area contributed by atoms with Crippen molar-refractivity contribution in [1.29, 1.82) is 0 Å². The summed E-state index contributed by atoms with van der Waals surface area (Å²) < 4.78 is 0. The molecule has 2 rings (SSSR count). The highest BCUT2D eigenvalue weighted by molar-refractivity contribution is 5.17. The van der Waals surface area contributed by atoms with E-state index >= 15 is 0 Å². The molecule has 1 fully saturated rings. The number of rotatable bonds is 7. The second-order valence-corrected chi connectivity index (χ2v) is 6.11. The van der Waals surface area contributed by atoms with Crippen LogP contribution in [0.3, 0.4) is 0 Å². The molecule has 1 aliphatic carbocycles. The van der Waals surface area contributed by atoms with Gasteiger partial charge in [0.05, 0.1) is 6.10 Å². The third-order valence-electron chi connectivity index (χ3n) is 4.45. The normalized spacial score (nSPS) is 18.1. The van der Waals surface area contributed by atoms with Gasteiger partial charge in [-0.25, -0.2) is 0 Å². The summed E-state index contributed by atoms with van der Waals surface area (Å²) in [5.41, 5.74) is 1.00. The highest BCUT2D eigenvalue weighted by Crippen LogP contribution is 2.22. The summed E-state index contributed by atoms with van der Waals surface area (Å²) in [4.78, 5) is 4.71. The number of aliphatic hydroxyl groups excluding tert-OH is 1. The van der Waals surface area contributed by atoms with Gasteiger partial charge in [0, 0.05) is 25.7 Å². The van der Waals surface area contributed by atoms with Gasteiger partial charge in [0.15, 0.2) is 0 Å². The Morgan fingerprint density at radius 1 is 1.10 bits per heavy atom. The molecule has 0 spiro atoms. The molecule has 0 amide bonds. The van der Waals surface area contributed by atoms with E-state index < -0.39 is 6.10 Å². The van der Waals surface area contributed by atoms with Gasteiger partial charge in [0.25, 0.3) is 0 Å². The Balaban J connectivity index is 1.70. The highest BCUT2D eigenvalue weighted by Gasteiger charge is 2.19. The van der Waals surface area contributed by atoms with Gasteiger partial charge in [-0.2, -0.15) is 0 Å². The summed E-state index contributed by atoms with van der Waals surface area (Å²) in [7, 11) is 4.33. The summed E-state index contributed by atoms with van der Waals surface area (Å²) in [6.07, 6.45) is 5.09. The van der Waals surface area contributed by atoms with Gasteiger partial charge < -0.3 is 14.9 Å². The fraction of sp³-hybridized carbons (Fsp3) is 0.647. The number of aliphatic hydroxyl groups is 1. The van der Waals surface area contributed by atoms with Crippen molar-refractivity contribution in [2.24, 2.45) is 0 Å². The lowest BCUT2D eigenvalue weighted by molar-refractivity contribution is 0.117. The van der Waals surface area contributed by atoms with E-state index in [4.69, 9.17) is 0 Å². The Hall–Kier alpha value is -0.900. The van der Waals surface area contributed by atoms with Crippen LogP contribution in [0, 0.1) is 0 Å². The van der Waals surface area contributed by atoms with E-state index in [0.29, 0.717) is 6.54 Å². The van der Waals surface area contributed by atoms with Crippen molar-refractivity contribution in [3.05, 3.63) is 35.9 Å². The molecule has 20 heavy (non-hydrogen) atoms. The summed E-state index contributed by atoms with van der Waals surface area (Å²) >= 11 is 0. The maximum absolute atomic E-state index is 10.2. The summed E-state index contributed by atoms with van der Waals surface area (Å²) in [5.74, 6) is 0. The number of hydrogen-bond acceptors (Lipinski definition) is 3. The van der Waals surface area contributed by atoms with Crippen molar-refractivity contribution >= 4 is 0 Å². The molecule has 0 aromatic heterocycles. The maximum atomic E-state index is 10.2. The van der Waals surface area contributed by atoms with E-state index in [-0.39, 0.29) is 0 Å². The number of likely N-dealkylation sites (N-methyl/N-ethyl adjacent to an activating group) is 2. The lowest BCUT2D eigenvalue weighted by Gasteiger charge is -2.27. The van der Waals surface area contributed by atoms with Gasteiger partial charge in [0.2, 0.25) is 0 Å². The summed E-state index contributed by atoms with van der Waals surface area (Å²) in [6, 6.07) is 10.7. The Kier molecular flexibility index (Phi) is 6.02. The van der Waals surface area contributed by atoms with Crippen LogP contribution >= 0.6 is 0 Å². The van der Waals surface area contributed by atoms with Gasteiger partial charge in [-0.1, -0.05) is 43.2 Å².